The fraction of sp³-hybridized carbons (Fsp3) is 0.765. The molecule has 0 aromatic carbocycles. The molecule has 0 unspecified atom stereocenters. The van der Waals surface area contributed by atoms with Gasteiger partial charge in [0.15, 0.2) is 5.82 Å². The average Bonchev–Trinajstić information content (AvgIpc) is 3.38. The van der Waals surface area contributed by atoms with Crippen molar-refractivity contribution in [2.24, 2.45) is 11.8 Å². The number of carbonyl (C=O) groups excluding carboxylic acids is 2. The van der Waals surface area contributed by atoms with Crippen LogP contribution in [0.3, 0.4) is 0 Å². The van der Waals surface area contributed by atoms with E-state index in [9.17, 15) is 14.4 Å². The number of fused-ring (bicyclic) bond motifs is 1. The molecule has 4 rings (SSSR count). The SMILES string of the molecule is CC(=O)N1CCC(C(=O)N2CCn3c(nn(CC4CC4)c3=O)C2)CC1. The minimum atomic E-state index is -0.0382. The van der Waals surface area contributed by atoms with Crippen molar-refractivity contribution < 1.29 is 9.59 Å². The summed E-state index contributed by atoms with van der Waals surface area (Å²) in [5.41, 5.74) is -0.0382. The number of likely N-dealkylation sites (tertiary alicyclic amines) is 1. The number of amides is 2. The van der Waals surface area contributed by atoms with Gasteiger partial charge in [-0.15, -0.1) is 0 Å². The topological polar surface area (TPSA) is 80.4 Å². The normalized spacial score (nSPS) is 21.3. The van der Waals surface area contributed by atoms with Crippen molar-refractivity contribution >= 4 is 11.8 Å². The largest absolute Gasteiger partial charge is 0.346 e. The monoisotopic (exact) mass is 347 g/mol. The van der Waals surface area contributed by atoms with Crippen LogP contribution in [0.25, 0.3) is 0 Å². The van der Waals surface area contributed by atoms with Crippen molar-refractivity contribution in [3.8, 4) is 0 Å². The molecule has 1 saturated heterocycles. The van der Waals surface area contributed by atoms with Gasteiger partial charge in [0.2, 0.25) is 11.8 Å². The van der Waals surface area contributed by atoms with Crippen LogP contribution in [-0.2, 0) is 29.2 Å². The van der Waals surface area contributed by atoms with Crippen LogP contribution < -0.4 is 5.69 Å². The summed E-state index contributed by atoms with van der Waals surface area (Å²) >= 11 is 0. The molecule has 8 heteroatoms. The van der Waals surface area contributed by atoms with Crippen LogP contribution in [0, 0.1) is 11.8 Å². The maximum atomic E-state index is 12.8. The van der Waals surface area contributed by atoms with Crippen LogP contribution in [0.5, 0.6) is 0 Å². The van der Waals surface area contributed by atoms with Crippen molar-refractivity contribution in [2.45, 2.75) is 52.2 Å². The van der Waals surface area contributed by atoms with E-state index in [1.807, 2.05) is 4.90 Å². The van der Waals surface area contributed by atoms with Crippen LogP contribution in [0.1, 0.15) is 38.4 Å². The van der Waals surface area contributed by atoms with E-state index in [1.165, 1.54) is 12.8 Å². The third-order valence-corrected chi connectivity index (χ3v) is 5.65. The highest BCUT2D eigenvalue weighted by Crippen LogP contribution is 2.30. The molecule has 8 nitrogen and oxygen atoms in total. The van der Waals surface area contributed by atoms with Gasteiger partial charge in [-0.1, -0.05) is 0 Å². The van der Waals surface area contributed by atoms with E-state index in [0.29, 0.717) is 51.0 Å². The Balaban J connectivity index is 1.41. The van der Waals surface area contributed by atoms with E-state index in [-0.39, 0.29) is 23.4 Å². The molecule has 1 saturated carbocycles. The number of nitrogens with zero attached hydrogens (tertiary/aromatic N) is 5. The zero-order valence-corrected chi connectivity index (χ0v) is 14.7. The number of aromatic nitrogens is 3. The zero-order valence-electron chi connectivity index (χ0n) is 14.7. The minimum Gasteiger partial charge on any atom is -0.343 e. The number of rotatable bonds is 3. The Morgan fingerprint density at radius 1 is 1.04 bits per heavy atom. The molecule has 1 aromatic rings. The van der Waals surface area contributed by atoms with E-state index in [1.54, 1.807) is 21.1 Å². The molecule has 2 fully saturated rings. The van der Waals surface area contributed by atoms with E-state index < -0.39 is 0 Å². The molecule has 0 N–H and O–H groups in total. The van der Waals surface area contributed by atoms with Gasteiger partial charge < -0.3 is 9.80 Å². The minimum absolute atomic E-state index is 0.0255. The zero-order chi connectivity index (χ0) is 17.6. The molecule has 2 amide bonds. The van der Waals surface area contributed by atoms with Gasteiger partial charge in [0.1, 0.15) is 0 Å². The Morgan fingerprint density at radius 3 is 2.40 bits per heavy atom. The van der Waals surface area contributed by atoms with Crippen molar-refractivity contribution in [3.05, 3.63) is 16.3 Å². The standard InChI is InChI=1S/C17H25N5O3/c1-12(23)19-6-4-14(5-7-19)16(24)20-8-9-21-15(11-20)18-22(17(21)25)10-13-2-3-13/h13-14H,2-11H2,1H3. The first-order chi connectivity index (χ1) is 12.0. The fourth-order valence-electron chi connectivity index (χ4n) is 3.85. The third-order valence-electron chi connectivity index (χ3n) is 5.65. The quantitative estimate of drug-likeness (QED) is 0.774. The average molecular weight is 347 g/mol. The second kappa shape index (κ2) is 6.31. The molecule has 0 spiro atoms. The number of hydrogen-bond donors (Lipinski definition) is 0. The Hall–Kier alpha value is -2.12. The van der Waals surface area contributed by atoms with E-state index in [2.05, 4.69) is 5.10 Å². The maximum absolute atomic E-state index is 12.8. The molecule has 0 atom stereocenters. The lowest BCUT2D eigenvalue weighted by atomic mass is 9.95. The van der Waals surface area contributed by atoms with Crippen LogP contribution in [0.15, 0.2) is 4.79 Å². The summed E-state index contributed by atoms with van der Waals surface area (Å²) < 4.78 is 3.29. The van der Waals surface area contributed by atoms with Gasteiger partial charge in [-0.3, -0.25) is 14.2 Å². The molecular weight excluding hydrogens is 322 g/mol. The molecule has 3 heterocycles. The van der Waals surface area contributed by atoms with Crippen LogP contribution in [-0.4, -0.2) is 55.6 Å². The number of piperidine rings is 1. The first-order valence-corrected chi connectivity index (χ1v) is 9.23. The number of hydrogen-bond acceptors (Lipinski definition) is 4. The Bertz CT molecular complexity index is 740. The van der Waals surface area contributed by atoms with E-state index >= 15 is 0 Å². The molecule has 1 aliphatic carbocycles. The molecule has 2 aliphatic heterocycles. The summed E-state index contributed by atoms with van der Waals surface area (Å²) in [6.07, 6.45) is 3.80. The van der Waals surface area contributed by atoms with Crippen molar-refractivity contribution in [1.82, 2.24) is 24.1 Å². The van der Waals surface area contributed by atoms with Crippen LogP contribution >= 0.6 is 0 Å². The summed E-state index contributed by atoms with van der Waals surface area (Å²) in [7, 11) is 0. The summed E-state index contributed by atoms with van der Waals surface area (Å²) in [6, 6.07) is 0. The molecular formula is C17H25N5O3. The Kier molecular flexibility index (Phi) is 4.13. The lowest BCUT2D eigenvalue weighted by Gasteiger charge is -2.35. The third kappa shape index (κ3) is 3.21. The second-order valence-corrected chi connectivity index (χ2v) is 7.52. The second-order valence-electron chi connectivity index (χ2n) is 7.52. The van der Waals surface area contributed by atoms with Crippen molar-refractivity contribution in [3.63, 3.8) is 0 Å². The van der Waals surface area contributed by atoms with Crippen LogP contribution in [0.2, 0.25) is 0 Å². The molecule has 1 aromatic heterocycles. The predicted octanol–water partition coefficient (Wildman–Crippen LogP) is 0.0555. The first-order valence-electron chi connectivity index (χ1n) is 9.23. The van der Waals surface area contributed by atoms with Gasteiger partial charge >= 0.3 is 5.69 Å². The van der Waals surface area contributed by atoms with E-state index in [4.69, 9.17) is 0 Å². The van der Waals surface area contributed by atoms with Gasteiger partial charge in [0.05, 0.1) is 6.54 Å². The first kappa shape index (κ1) is 16.4. The lowest BCUT2D eigenvalue weighted by molar-refractivity contribution is -0.141. The van der Waals surface area contributed by atoms with E-state index in [0.717, 1.165) is 12.8 Å². The Labute approximate surface area is 146 Å². The van der Waals surface area contributed by atoms with Gasteiger partial charge in [0.25, 0.3) is 0 Å². The van der Waals surface area contributed by atoms with Gasteiger partial charge in [0, 0.05) is 45.6 Å². The van der Waals surface area contributed by atoms with Gasteiger partial charge in [-0.2, -0.15) is 5.10 Å². The molecule has 0 radical (unpaired) electrons. The highest BCUT2D eigenvalue weighted by molar-refractivity contribution is 5.79. The van der Waals surface area contributed by atoms with Gasteiger partial charge in [-0.25, -0.2) is 9.48 Å². The summed E-state index contributed by atoms with van der Waals surface area (Å²) in [4.78, 5) is 40.2. The molecule has 136 valence electrons. The summed E-state index contributed by atoms with van der Waals surface area (Å²) in [5.74, 6) is 1.49. The fourth-order valence-corrected chi connectivity index (χ4v) is 3.85. The molecule has 3 aliphatic rings. The van der Waals surface area contributed by atoms with Crippen molar-refractivity contribution in [2.75, 3.05) is 19.6 Å². The number of carbonyl (C=O) groups is 2. The van der Waals surface area contributed by atoms with Crippen LogP contribution in [0.4, 0.5) is 0 Å². The summed E-state index contributed by atoms with van der Waals surface area (Å²) in [5, 5.41) is 4.46. The summed E-state index contributed by atoms with van der Waals surface area (Å²) in [6.45, 7) is 5.09. The van der Waals surface area contributed by atoms with Gasteiger partial charge in [-0.05, 0) is 31.6 Å². The predicted molar refractivity (Wildman–Crippen MR) is 89.6 cm³/mol. The smallest absolute Gasteiger partial charge is 0.343 e. The maximum Gasteiger partial charge on any atom is 0.346 e. The highest BCUT2D eigenvalue weighted by Gasteiger charge is 2.33. The lowest BCUT2D eigenvalue weighted by Crippen LogP contribution is -2.46. The Morgan fingerprint density at radius 2 is 1.76 bits per heavy atom. The van der Waals surface area contributed by atoms with Crippen molar-refractivity contribution in [1.29, 1.82) is 0 Å². The molecule has 0 bridgehead atoms. The molecule has 25 heavy (non-hydrogen) atoms. The highest BCUT2D eigenvalue weighted by atomic mass is 16.2.